The number of benzene rings is 4. The minimum atomic E-state index is -1.12. The zero-order valence-corrected chi connectivity index (χ0v) is 43.7. The molecular formula is C57H72N6O11. The number of ether oxygens (including phenoxy) is 3. The first-order valence-electron chi connectivity index (χ1n) is 25.1. The fourth-order valence-electron chi connectivity index (χ4n) is 8.58. The van der Waals surface area contributed by atoms with Gasteiger partial charge in [-0.1, -0.05) is 115 Å². The first-order valence-corrected chi connectivity index (χ1v) is 25.1. The van der Waals surface area contributed by atoms with Crippen LogP contribution in [-0.2, 0) is 46.4 Å². The number of rotatable bonds is 14. The van der Waals surface area contributed by atoms with Gasteiger partial charge >= 0.3 is 24.2 Å². The molecule has 2 fully saturated rings. The van der Waals surface area contributed by atoms with Crippen molar-refractivity contribution in [3.05, 3.63) is 143 Å². The van der Waals surface area contributed by atoms with Crippen molar-refractivity contribution in [2.45, 2.75) is 148 Å². The van der Waals surface area contributed by atoms with Crippen LogP contribution in [-0.4, -0.2) is 111 Å². The lowest BCUT2D eigenvalue weighted by atomic mass is 9.85. The van der Waals surface area contributed by atoms with Gasteiger partial charge in [-0.3, -0.25) is 39.7 Å². The van der Waals surface area contributed by atoms with Crippen molar-refractivity contribution in [1.29, 1.82) is 5.41 Å². The summed E-state index contributed by atoms with van der Waals surface area (Å²) in [5, 5.41) is 25.0. The van der Waals surface area contributed by atoms with E-state index in [1.807, 2.05) is 91.0 Å². The Balaban J connectivity index is 0.000000318. The van der Waals surface area contributed by atoms with Gasteiger partial charge in [0.2, 0.25) is 11.8 Å². The normalized spacial score (nSPS) is 18.4. The molecule has 0 unspecified atom stereocenters. The first kappa shape index (κ1) is 57.3. The van der Waals surface area contributed by atoms with Gasteiger partial charge in [0, 0.05) is 25.1 Å². The second-order valence-corrected chi connectivity index (χ2v) is 20.7. The number of Topliss-reactive ketones (excluding diaryl/α,β-unsaturated/α-hetero) is 1. The molecular weight excluding hydrogens is 945 g/mol. The van der Waals surface area contributed by atoms with E-state index in [1.54, 1.807) is 72.7 Å². The van der Waals surface area contributed by atoms with Gasteiger partial charge in [-0.25, -0.2) is 14.4 Å². The number of ketones is 1. The van der Waals surface area contributed by atoms with Gasteiger partial charge in [-0.15, -0.1) is 0 Å². The maximum atomic E-state index is 13.6. The number of likely N-dealkylation sites (tertiary alicyclic amines) is 2. The fraction of sp³-hybridized carbons (Fsp3) is 0.439. The van der Waals surface area contributed by atoms with Crippen molar-refractivity contribution in [3.8, 4) is 0 Å². The molecule has 17 nitrogen and oxygen atoms in total. The number of alkyl carbamates (subject to hydrolysis) is 1. The predicted octanol–water partition coefficient (Wildman–Crippen LogP) is 8.89. The van der Waals surface area contributed by atoms with Crippen LogP contribution in [0.2, 0.25) is 0 Å². The molecule has 5 amide bonds. The summed E-state index contributed by atoms with van der Waals surface area (Å²) in [5.41, 5.74) is 3.03. The number of amides is 5. The number of piperidine rings is 2. The molecule has 0 aromatic heterocycles. The Hall–Kier alpha value is -7.56. The smallest absolute Gasteiger partial charge is 0.413 e. The molecule has 2 aliphatic rings. The van der Waals surface area contributed by atoms with E-state index in [-0.39, 0.29) is 42.4 Å². The number of carbonyl (C=O) groups excluding carboxylic acids is 6. The highest BCUT2D eigenvalue weighted by molar-refractivity contribution is 6.04. The third-order valence-corrected chi connectivity index (χ3v) is 12.5. The molecule has 0 saturated carbocycles. The molecule has 0 aliphatic carbocycles. The highest BCUT2D eigenvalue weighted by atomic mass is 16.6. The number of nitrogens with one attached hydrogen (secondary N) is 4. The number of carbonyl (C=O) groups is 7. The summed E-state index contributed by atoms with van der Waals surface area (Å²) in [5.74, 6) is -2.01. The van der Waals surface area contributed by atoms with Crippen LogP contribution in [0.5, 0.6) is 0 Å². The van der Waals surface area contributed by atoms with Crippen LogP contribution in [0.1, 0.15) is 127 Å². The molecule has 4 aromatic carbocycles. The van der Waals surface area contributed by atoms with Crippen LogP contribution in [0, 0.1) is 5.41 Å². The van der Waals surface area contributed by atoms with E-state index in [1.165, 1.54) is 16.7 Å². The summed E-state index contributed by atoms with van der Waals surface area (Å²) in [7, 11) is 0. The fourth-order valence-corrected chi connectivity index (χ4v) is 8.58. The number of aryl methyl sites for hydroxylation is 1. The van der Waals surface area contributed by atoms with Gasteiger partial charge in [0.05, 0.1) is 6.04 Å². The maximum Gasteiger partial charge on any atom is 0.413 e. The quantitative estimate of drug-likeness (QED) is 0.0455. The SMILES string of the molecule is C[C@H](NC(=O)[C@H]1C[C@@H](c2ccccc2)CCN1C(=O)OC(C)(C)C)C(=O)CCc1ccc(C(=N)NC(=O)OCc2ccccc2)cc1.C[C@H](NC(=O)[C@H]1C[C@@H](c2ccccc2)CCN1C(=O)OC(C)(C)C)C(=O)O. The van der Waals surface area contributed by atoms with Crippen molar-refractivity contribution < 1.29 is 52.9 Å². The summed E-state index contributed by atoms with van der Waals surface area (Å²) < 4.78 is 16.2. The number of amidine groups is 1. The van der Waals surface area contributed by atoms with E-state index in [0.717, 1.165) is 22.3 Å². The number of carboxylic acids is 1. The van der Waals surface area contributed by atoms with E-state index in [4.69, 9.17) is 24.7 Å². The number of carboxylic acid groups (broad SMARTS) is 1. The largest absolute Gasteiger partial charge is 0.480 e. The summed E-state index contributed by atoms with van der Waals surface area (Å²) in [6.45, 7) is 14.6. The Morgan fingerprint density at radius 1 is 0.622 bits per heavy atom. The van der Waals surface area contributed by atoms with Gasteiger partial charge in [0.1, 0.15) is 41.8 Å². The highest BCUT2D eigenvalue weighted by Crippen LogP contribution is 2.34. The van der Waals surface area contributed by atoms with Gasteiger partial charge in [0.15, 0.2) is 5.78 Å². The van der Waals surface area contributed by atoms with Crippen molar-refractivity contribution in [2.24, 2.45) is 0 Å². The lowest BCUT2D eigenvalue weighted by Gasteiger charge is -2.39. The van der Waals surface area contributed by atoms with Crippen molar-refractivity contribution in [2.75, 3.05) is 13.1 Å². The molecule has 2 saturated heterocycles. The Morgan fingerprint density at radius 2 is 1.05 bits per heavy atom. The summed E-state index contributed by atoms with van der Waals surface area (Å²) in [6, 6.07) is 32.7. The molecule has 0 spiro atoms. The Kier molecular flexibility index (Phi) is 20.5. The molecule has 396 valence electrons. The summed E-state index contributed by atoms with van der Waals surface area (Å²) >= 11 is 0. The minimum absolute atomic E-state index is 0.0937. The number of nitrogens with zero attached hydrogens (tertiary/aromatic N) is 2. The van der Waals surface area contributed by atoms with E-state index in [0.29, 0.717) is 50.8 Å². The molecule has 5 N–H and O–H groups in total. The summed E-state index contributed by atoms with van der Waals surface area (Å²) in [4.78, 5) is 91.1. The average molecular weight is 1020 g/mol. The third-order valence-electron chi connectivity index (χ3n) is 12.5. The zero-order chi connectivity index (χ0) is 54.2. The zero-order valence-electron chi connectivity index (χ0n) is 43.7. The molecule has 74 heavy (non-hydrogen) atoms. The van der Waals surface area contributed by atoms with Gasteiger partial charge < -0.3 is 30.0 Å². The molecule has 0 bridgehead atoms. The third kappa shape index (κ3) is 17.9. The Morgan fingerprint density at radius 3 is 1.49 bits per heavy atom. The lowest BCUT2D eigenvalue weighted by molar-refractivity contribution is -0.142. The van der Waals surface area contributed by atoms with Crippen LogP contribution < -0.4 is 16.0 Å². The standard InChI is InChI=1S/C37H44N4O6.C20H28N2O5/c1-25(39-34(43)31-23-30(28-13-9-6-10-14-28)21-22-41(31)36(45)47-37(2,3)4)32(42)20-17-26-15-18-29(19-16-26)33(38)40-35(44)46-24-27-11-7-5-8-12-27;1-13(18(24)25)21-17(23)16-12-15(14-8-6-5-7-9-14)10-11-22(16)19(26)27-20(2,3)4/h5-16,18-19,25,30-31H,17,20-24H2,1-4H3,(H,39,43)(H2,38,40,44);5-9,13,15-16H,10-12H2,1-4H3,(H,21,23)(H,24,25)/t25-,30-,31+;13-,15-,16+/m00/s1. The number of aliphatic carboxylic acids is 1. The van der Waals surface area contributed by atoms with Crippen molar-refractivity contribution >= 4 is 47.7 Å². The molecule has 4 aromatic rings. The molecule has 0 radical (unpaired) electrons. The van der Waals surface area contributed by atoms with Crippen LogP contribution in [0.3, 0.4) is 0 Å². The molecule has 6 rings (SSSR count). The molecule has 17 heteroatoms. The van der Waals surface area contributed by atoms with Gasteiger partial charge in [0.25, 0.3) is 0 Å². The lowest BCUT2D eigenvalue weighted by Crippen LogP contribution is -2.56. The van der Waals surface area contributed by atoms with Crippen LogP contribution >= 0.6 is 0 Å². The molecule has 2 heterocycles. The predicted molar refractivity (Wildman–Crippen MR) is 279 cm³/mol. The molecule has 2 aliphatic heterocycles. The van der Waals surface area contributed by atoms with Crippen molar-refractivity contribution in [1.82, 2.24) is 25.8 Å². The van der Waals surface area contributed by atoms with E-state index in [9.17, 15) is 33.6 Å². The van der Waals surface area contributed by atoms with E-state index in [2.05, 4.69) is 16.0 Å². The molecule has 6 atom stereocenters. The second-order valence-electron chi connectivity index (χ2n) is 20.7. The Labute approximate surface area is 434 Å². The first-order chi connectivity index (χ1) is 35.0. The Bertz CT molecular complexity index is 2550. The number of hydrogen-bond acceptors (Lipinski definition) is 11. The van der Waals surface area contributed by atoms with E-state index < -0.39 is 65.5 Å². The van der Waals surface area contributed by atoms with E-state index >= 15 is 0 Å². The monoisotopic (exact) mass is 1020 g/mol. The van der Waals surface area contributed by atoms with Crippen LogP contribution in [0.4, 0.5) is 14.4 Å². The highest BCUT2D eigenvalue weighted by Gasteiger charge is 2.41. The minimum Gasteiger partial charge on any atom is -0.480 e. The van der Waals surface area contributed by atoms with Crippen LogP contribution in [0.15, 0.2) is 115 Å². The van der Waals surface area contributed by atoms with Gasteiger partial charge in [-0.05, 0) is 122 Å². The number of hydrogen-bond donors (Lipinski definition) is 5. The average Bonchev–Trinajstić information content (AvgIpc) is 3.37. The van der Waals surface area contributed by atoms with Gasteiger partial charge in [-0.2, -0.15) is 0 Å². The summed E-state index contributed by atoms with van der Waals surface area (Å²) in [6.07, 6.45) is 1.06. The van der Waals surface area contributed by atoms with Crippen LogP contribution in [0.25, 0.3) is 0 Å². The van der Waals surface area contributed by atoms with Crippen molar-refractivity contribution in [3.63, 3.8) is 0 Å². The maximum absolute atomic E-state index is 13.6. The second kappa shape index (κ2) is 26.4. The topological polar surface area (TPSA) is 234 Å².